The SMILES string of the molecule is CCCNC(=O)CNc1ccc(C(N)=S)cn1. The minimum atomic E-state index is -0.0490. The van der Waals surface area contributed by atoms with Gasteiger partial charge in [-0.05, 0) is 18.6 Å². The highest BCUT2D eigenvalue weighted by atomic mass is 32.1. The topological polar surface area (TPSA) is 80.0 Å². The lowest BCUT2D eigenvalue weighted by atomic mass is 10.3. The summed E-state index contributed by atoms with van der Waals surface area (Å²) in [4.78, 5) is 15.7. The van der Waals surface area contributed by atoms with Gasteiger partial charge in [0.15, 0.2) is 0 Å². The van der Waals surface area contributed by atoms with Crippen LogP contribution in [0.4, 0.5) is 5.82 Å². The summed E-state index contributed by atoms with van der Waals surface area (Å²) in [6.45, 7) is 2.90. The summed E-state index contributed by atoms with van der Waals surface area (Å²) in [6.07, 6.45) is 2.50. The van der Waals surface area contributed by atoms with Gasteiger partial charge >= 0.3 is 0 Å². The fourth-order valence-electron chi connectivity index (χ4n) is 1.14. The molecule has 0 aliphatic rings. The summed E-state index contributed by atoms with van der Waals surface area (Å²) >= 11 is 4.81. The average Bonchev–Trinajstić information content (AvgIpc) is 2.34. The number of pyridine rings is 1. The third-order valence-electron chi connectivity index (χ3n) is 2.05. The Morgan fingerprint density at radius 3 is 2.82 bits per heavy atom. The second-order valence-electron chi connectivity index (χ2n) is 3.50. The Morgan fingerprint density at radius 2 is 2.29 bits per heavy atom. The lowest BCUT2D eigenvalue weighted by Gasteiger charge is -2.06. The van der Waals surface area contributed by atoms with Gasteiger partial charge in [-0.2, -0.15) is 0 Å². The molecule has 0 bridgehead atoms. The van der Waals surface area contributed by atoms with Crippen molar-refractivity contribution in [1.29, 1.82) is 0 Å². The predicted molar refractivity (Wildman–Crippen MR) is 71.9 cm³/mol. The Hall–Kier alpha value is -1.69. The van der Waals surface area contributed by atoms with E-state index in [0.29, 0.717) is 22.9 Å². The number of nitrogens with one attached hydrogen (secondary N) is 2. The normalized spacial score (nSPS) is 9.71. The molecule has 6 heteroatoms. The van der Waals surface area contributed by atoms with Crippen LogP contribution in [0.3, 0.4) is 0 Å². The molecule has 1 heterocycles. The first-order valence-electron chi connectivity index (χ1n) is 5.40. The van der Waals surface area contributed by atoms with Crippen molar-refractivity contribution < 1.29 is 4.79 Å². The molecule has 0 fully saturated rings. The molecular weight excluding hydrogens is 236 g/mol. The second-order valence-corrected chi connectivity index (χ2v) is 3.94. The molecule has 4 N–H and O–H groups in total. The molecule has 5 nitrogen and oxygen atoms in total. The second kappa shape index (κ2) is 6.80. The van der Waals surface area contributed by atoms with Gasteiger partial charge in [-0.25, -0.2) is 4.98 Å². The first kappa shape index (κ1) is 13.4. The predicted octanol–water partition coefficient (Wildman–Crippen LogP) is 0.654. The van der Waals surface area contributed by atoms with Crippen LogP contribution < -0.4 is 16.4 Å². The van der Waals surface area contributed by atoms with Gasteiger partial charge in [0.25, 0.3) is 0 Å². The molecular formula is C11H16N4OS. The highest BCUT2D eigenvalue weighted by Crippen LogP contribution is 2.04. The molecule has 17 heavy (non-hydrogen) atoms. The van der Waals surface area contributed by atoms with Gasteiger partial charge in [0.1, 0.15) is 10.8 Å². The molecule has 0 aromatic carbocycles. The van der Waals surface area contributed by atoms with E-state index in [0.717, 1.165) is 6.42 Å². The molecule has 0 atom stereocenters. The van der Waals surface area contributed by atoms with Crippen molar-refractivity contribution in [3.8, 4) is 0 Å². The van der Waals surface area contributed by atoms with Crippen LogP contribution in [0.25, 0.3) is 0 Å². The van der Waals surface area contributed by atoms with E-state index >= 15 is 0 Å². The molecule has 1 aromatic rings. The number of hydrogen-bond acceptors (Lipinski definition) is 4. The molecule has 1 rings (SSSR count). The maximum absolute atomic E-state index is 11.3. The van der Waals surface area contributed by atoms with E-state index in [1.807, 2.05) is 6.92 Å². The number of anilines is 1. The first-order chi connectivity index (χ1) is 8.13. The highest BCUT2D eigenvalue weighted by molar-refractivity contribution is 7.80. The molecule has 0 spiro atoms. The van der Waals surface area contributed by atoms with Crippen LogP contribution in [0.1, 0.15) is 18.9 Å². The lowest BCUT2D eigenvalue weighted by molar-refractivity contribution is -0.119. The Labute approximate surface area is 106 Å². The maximum atomic E-state index is 11.3. The number of amides is 1. The number of thiocarbonyl (C=S) groups is 1. The number of nitrogens with two attached hydrogens (primary N) is 1. The maximum Gasteiger partial charge on any atom is 0.239 e. The van der Waals surface area contributed by atoms with Crippen molar-refractivity contribution in [3.05, 3.63) is 23.9 Å². The van der Waals surface area contributed by atoms with Gasteiger partial charge in [0.2, 0.25) is 5.91 Å². The van der Waals surface area contributed by atoms with Gasteiger partial charge in [0.05, 0.1) is 6.54 Å². The average molecular weight is 252 g/mol. The van der Waals surface area contributed by atoms with Gasteiger partial charge in [0, 0.05) is 18.3 Å². The van der Waals surface area contributed by atoms with Crippen LogP contribution in [0, 0.1) is 0 Å². The van der Waals surface area contributed by atoms with Crippen molar-refractivity contribution in [3.63, 3.8) is 0 Å². The summed E-state index contributed by atoms with van der Waals surface area (Å²) in [5, 5.41) is 5.67. The van der Waals surface area contributed by atoms with E-state index in [4.69, 9.17) is 18.0 Å². The van der Waals surface area contributed by atoms with E-state index in [2.05, 4.69) is 15.6 Å². The van der Waals surface area contributed by atoms with Gasteiger partial charge in [-0.1, -0.05) is 19.1 Å². The summed E-state index contributed by atoms with van der Waals surface area (Å²) < 4.78 is 0. The lowest BCUT2D eigenvalue weighted by Crippen LogP contribution is -2.30. The molecule has 0 saturated carbocycles. The van der Waals surface area contributed by atoms with E-state index in [1.165, 1.54) is 0 Å². The van der Waals surface area contributed by atoms with Crippen molar-refractivity contribution >= 4 is 28.9 Å². The molecule has 1 amide bonds. The van der Waals surface area contributed by atoms with Crippen LogP contribution in [0.5, 0.6) is 0 Å². The molecule has 0 saturated heterocycles. The van der Waals surface area contributed by atoms with Crippen molar-refractivity contribution in [2.24, 2.45) is 5.73 Å². The largest absolute Gasteiger partial charge is 0.389 e. The van der Waals surface area contributed by atoms with Crippen molar-refractivity contribution in [2.75, 3.05) is 18.4 Å². The fraction of sp³-hybridized carbons (Fsp3) is 0.364. The fourth-order valence-corrected chi connectivity index (χ4v) is 1.26. The summed E-state index contributed by atoms with van der Waals surface area (Å²) in [6, 6.07) is 3.50. The molecule has 92 valence electrons. The molecule has 0 unspecified atom stereocenters. The number of aromatic nitrogens is 1. The highest BCUT2D eigenvalue weighted by Gasteiger charge is 2.01. The standard InChI is InChI=1S/C11H16N4OS/c1-2-5-13-10(16)7-15-9-4-3-8(6-14-9)11(12)17/h3-4,6H,2,5,7H2,1H3,(H2,12,17)(H,13,16)(H,14,15). The summed E-state index contributed by atoms with van der Waals surface area (Å²) in [5.74, 6) is 0.573. The molecule has 0 radical (unpaired) electrons. The third kappa shape index (κ3) is 4.78. The van der Waals surface area contributed by atoms with E-state index in [9.17, 15) is 4.79 Å². The van der Waals surface area contributed by atoms with Crippen LogP contribution >= 0.6 is 12.2 Å². The monoisotopic (exact) mass is 252 g/mol. The van der Waals surface area contributed by atoms with Gasteiger partial charge < -0.3 is 16.4 Å². The number of hydrogen-bond donors (Lipinski definition) is 3. The van der Waals surface area contributed by atoms with E-state index < -0.39 is 0 Å². The number of carbonyl (C=O) groups is 1. The smallest absolute Gasteiger partial charge is 0.239 e. The van der Waals surface area contributed by atoms with Crippen molar-refractivity contribution in [1.82, 2.24) is 10.3 Å². The van der Waals surface area contributed by atoms with Crippen LogP contribution in [0.15, 0.2) is 18.3 Å². The van der Waals surface area contributed by atoms with E-state index in [-0.39, 0.29) is 12.5 Å². The molecule has 1 aromatic heterocycles. The summed E-state index contributed by atoms with van der Waals surface area (Å²) in [7, 11) is 0. The van der Waals surface area contributed by atoms with Crippen LogP contribution in [-0.4, -0.2) is 29.0 Å². The van der Waals surface area contributed by atoms with Gasteiger partial charge in [-0.15, -0.1) is 0 Å². The number of carbonyl (C=O) groups excluding carboxylic acids is 1. The van der Waals surface area contributed by atoms with Crippen molar-refractivity contribution in [2.45, 2.75) is 13.3 Å². The molecule has 0 aliphatic heterocycles. The van der Waals surface area contributed by atoms with Gasteiger partial charge in [-0.3, -0.25) is 4.79 Å². The third-order valence-corrected chi connectivity index (χ3v) is 2.29. The quantitative estimate of drug-likeness (QED) is 0.648. The summed E-state index contributed by atoms with van der Waals surface area (Å²) in [5.41, 5.74) is 6.16. The zero-order valence-corrected chi connectivity index (χ0v) is 10.5. The Kier molecular flexibility index (Phi) is 5.35. The van der Waals surface area contributed by atoms with Crippen LogP contribution in [-0.2, 0) is 4.79 Å². The first-order valence-corrected chi connectivity index (χ1v) is 5.80. The number of nitrogens with zero attached hydrogens (tertiary/aromatic N) is 1. The minimum Gasteiger partial charge on any atom is -0.389 e. The van der Waals surface area contributed by atoms with E-state index in [1.54, 1.807) is 18.3 Å². The minimum absolute atomic E-state index is 0.0490. The Morgan fingerprint density at radius 1 is 1.53 bits per heavy atom. The Bertz CT molecular complexity index is 391. The number of rotatable bonds is 6. The Balaban J connectivity index is 2.42. The van der Waals surface area contributed by atoms with Crippen LogP contribution in [0.2, 0.25) is 0 Å². The zero-order chi connectivity index (χ0) is 12.7. The zero-order valence-electron chi connectivity index (χ0n) is 9.69. The molecule has 0 aliphatic carbocycles.